The summed E-state index contributed by atoms with van der Waals surface area (Å²) >= 11 is 0. The van der Waals surface area contributed by atoms with Gasteiger partial charge in [-0.05, 0) is 43.2 Å². The summed E-state index contributed by atoms with van der Waals surface area (Å²) in [6, 6.07) is 9.62. The van der Waals surface area contributed by atoms with Crippen molar-refractivity contribution in [3.8, 4) is 0 Å². The Morgan fingerprint density at radius 2 is 1.77 bits per heavy atom. The SMILES string of the molecule is CN(c1ncccc1CNc1nc(Nc2ccc(C(=O)N3CCCC3)cc2)ncc1C(F)(F)F)S(C)(=O)=O.F. The molecule has 1 fully saturated rings. The van der Waals surface area contributed by atoms with Gasteiger partial charge in [-0.1, -0.05) is 6.07 Å². The fourth-order valence-electron chi connectivity index (χ4n) is 3.90. The molecule has 1 aromatic carbocycles. The number of rotatable bonds is 8. The molecule has 0 atom stereocenters. The molecule has 0 saturated carbocycles. The van der Waals surface area contributed by atoms with E-state index in [0.29, 0.717) is 23.0 Å². The molecule has 3 aromatic rings. The van der Waals surface area contributed by atoms with Crippen molar-refractivity contribution in [1.82, 2.24) is 19.9 Å². The van der Waals surface area contributed by atoms with Crippen LogP contribution in [-0.2, 0) is 22.7 Å². The van der Waals surface area contributed by atoms with Crippen LogP contribution in [0.5, 0.6) is 0 Å². The average molecular weight is 570 g/mol. The Labute approximate surface area is 222 Å². The number of hydrogen-bond donors (Lipinski definition) is 2. The Kier molecular flexibility index (Phi) is 8.94. The molecule has 0 radical (unpaired) electrons. The summed E-state index contributed by atoms with van der Waals surface area (Å²) in [6.45, 7) is 1.26. The molecular formula is C24H27F4N7O3S. The Morgan fingerprint density at radius 1 is 1.10 bits per heavy atom. The Balaban J connectivity index is 0.00000420. The molecule has 2 aromatic heterocycles. The third-order valence-electron chi connectivity index (χ3n) is 5.98. The fourth-order valence-corrected chi connectivity index (χ4v) is 4.38. The minimum Gasteiger partial charge on any atom is -0.365 e. The van der Waals surface area contributed by atoms with E-state index in [2.05, 4.69) is 25.6 Å². The van der Waals surface area contributed by atoms with E-state index in [1.54, 1.807) is 41.3 Å². The van der Waals surface area contributed by atoms with E-state index in [0.717, 1.165) is 36.5 Å². The molecule has 4 rings (SSSR count). The van der Waals surface area contributed by atoms with Gasteiger partial charge in [0.05, 0.1) is 6.26 Å². The number of alkyl halides is 3. The number of pyridine rings is 1. The smallest absolute Gasteiger partial charge is 0.365 e. The van der Waals surface area contributed by atoms with Crippen molar-refractivity contribution in [1.29, 1.82) is 0 Å². The summed E-state index contributed by atoms with van der Waals surface area (Å²) in [4.78, 5) is 26.2. The highest BCUT2D eigenvalue weighted by Crippen LogP contribution is 2.34. The minimum absolute atomic E-state index is 0. The van der Waals surface area contributed by atoms with Gasteiger partial charge in [-0.15, -0.1) is 0 Å². The van der Waals surface area contributed by atoms with Gasteiger partial charge in [0.25, 0.3) is 5.91 Å². The zero-order chi connectivity index (χ0) is 27.5. The number of anilines is 4. The Bertz CT molecular complexity index is 1410. The summed E-state index contributed by atoms with van der Waals surface area (Å²) in [7, 11) is -2.34. The molecular weight excluding hydrogens is 542 g/mol. The lowest BCUT2D eigenvalue weighted by Gasteiger charge is -2.20. The predicted octanol–water partition coefficient (Wildman–Crippen LogP) is 4.03. The number of carbonyl (C=O) groups is 1. The predicted molar refractivity (Wildman–Crippen MR) is 139 cm³/mol. The third kappa shape index (κ3) is 7.10. The van der Waals surface area contributed by atoms with Crippen molar-refractivity contribution in [2.24, 2.45) is 0 Å². The van der Waals surface area contributed by atoms with Gasteiger partial charge in [-0.3, -0.25) is 13.8 Å². The first-order chi connectivity index (χ1) is 17.9. The van der Waals surface area contributed by atoms with Gasteiger partial charge in [-0.2, -0.15) is 18.2 Å². The van der Waals surface area contributed by atoms with E-state index in [1.807, 2.05) is 0 Å². The molecule has 3 heterocycles. The first-order valence-electron chi connectivity index (χ1n) is 11.7. The van der Waals surface area contributed by atoms with Crippen molar-refractivity contribution in [2.45, 2.75) is 25.6 Å². The van der Waals surface area contributed by atoms with Gasteiger partial charge in [0.15, 0.2) is 0 Å². The second kappa shape index (κ2) is 11.8. The molecule has 1 saturated heterocycles. The molecule has 0 bridgehead atoms. The first-order valence-corrected chi connectivity index (χ1v) is 13.5. The largest absolute Gasteiger partial charge is 0.421 e. The maximum atomic E-state index is 13.7. The Morgan fingerprint density at radius 3 is 2.38 bits per heavy atom. The van der Waals surface area contributed by atoms with Crippen molar-refractivity contribution in [3.05, 3.63) is 65.5 Å². The second-order valence-electron chi connectivity index (χ2n) is 8.73. The van der Waals surface area contributed by atoms with Crippen LogP contribution >= 0.6 is 0 Å². The Hall–Kier alpha value is -4.01. The number of benzene rings is 1. The third-order valence-corrected chi connectivity index (χ3v) is 7.15. The molecule has 39 heavy (non-hydrogen) atoms. The van der Waals surface area contributed by atoms with Crippen LogP contribution in [0.15, 0.2) is 48.8 Å². The normalized spacial score (nSPS) is 13.5. The summed E-state index contributed by atoms with van der Waals surface area (Å²) in [5.41, 5.74) is 0.258. The molecule has 0 aliphatic carbocycles. The lowest BCUT2D eigenvalue weighted by molar-refractivity contribution is -0.137. The van der Waals surface area contributed by atoms with Gasteiger partial charge in [-0.25, -0.2) is 18.4 Å². The molecule has 15 heteroatoms. The number of hydrogen-bond acceptors (Lipinski definition) is 8. The molecule has 0 spiro atoms. The summed E-state index contributed by atoms with van der Waals surface area (Å²) in [5.74, 6) is -0.582. The maximum Gasteiger partial charge on any atom is 0.421 e. The molecule has 210 valence electrons. The monoisotopic (exact) mass is 569 g/mol. The van der Waals surface area contributed by atoms with Gasteiger partial charge in [0.2, 0.25) is 16.0 Å². The minimum atomic E-state index is -4.74. The number of amides is 1. The molecule has 1 aliphatic heterocycles. The van der Waals surface area contributed by atoms with Crippen LogP contribution in [0.1, 0.15) is 34.3 Å². The topological polar surface area (TPSA) is 120 Å². The van der Waals surface area contributed by atoms with E-state index in [9.17, 15) is 26.4 Å². The van der Waals surface area contributed by atoms with Crippen LogP contribution in [0.3, 0.4) is 0 Å². The molecule has 2 N–H and O–H groups in total. The van der Waals surface area contributed by atoms with Crippen molar-refractivity contribution in [3.63, 3.8) is 0 Å². The quantitative estimate of drug-likeness (QED) is 0.390. The number of sulfonamides is 1. The summed E-state index contributed by atoms with van der Waals surface area (Å²) in [5, 5.41) is 5.49. The summed E-state index contributed by atoms with van der Waals surface area (Å²) in [6.07, 6.45) is 0.263. The first kappa shape index (κ1) is 29.5. The van der Waals surface area contributed by atoms with E-state index in [4.69, 9.17) is 0 Å². The summed E-state index contributed by atoms with van der Waals surface area (Å²) < 4.78 is 65.9. The lowest BCUT2D eigenvalue weighted by atomic mass is 10.2. The lowest BCUT2D eigenvalue weighted by Crippen LogP contribution is -2.27. The zero-order valence-corrected chi connectivity index (χ0v) is 21.9. The molecule has 1 amide bonds. The highest BCUT2D eigenvalue weighted by Gasteiger charge is 2.35. The van der Waals surface area contributed by atoms with E-state index in [1.165, 1.54) is 13.2 Å². The van der Waals surface area contributed by atoms with Crippen molar-refractivity contribution < 1.29 is 31.1 Å². The van der Waals surface area contributed by atoms with Crippen LogP contribution < -0.4 is 14.9 Å². The van der Waals surface area contributed by atoms with Crippen molar-refractivity contribution in [2.75, 3.05) is 41.3 Å². The number of nitrogens with zero attached hydrogens (tertiary/aromatic N) is 5. The zero-order valence-electron chi connectivity index (χ0n) is 21.1. The van der Waals surface area contributed by atoms with E-state index < -0.39 is 27.6 Å². The standard InChI is InChI=1S/C24H26F3N7O3S.FH/c1-33(38(2,36)37)21-17(6-5-11-28-21)14-29-20-19(24(25,26)27)15-30-23(32-20)31-18-9-7-16(8-10-18)22(35)34-12-3-4-13-34;/h5-11,15H,3-4,12-14H2,1-2H3,(H2,29,30,31,32);1H. The van der Waals surface area contributed by atoms with Gasteiger partial charge in [0.1, 0.15) is 17.2 Å². The number of halogens is 4. The van der Waals surface area contributed by atoms with Crippen LogP contribution in [0, 0.1) is 0 Å². The molecule has 0 unspecified atom stereocenters. The van der Waals surface area contributed by atoms with Crippen LogP contribution in [0.2, 0.25) is 0 Å². The van der Waals surface area contributed by atoms with Crippen molar-refractivity contribution >= 4 is 39.2 Å². The van der Waals surface area contributed by atoms with Gasteiger partial charge >= 0.3 is 6.18 Å². The highest BCUT2D eigenvalue weighted by molar-refractivity contribution is 7.92. The fraction of sp³-hybridized carbons (Fsp3) is 0.333. The highest BCUT2D eigenvalue weighted by atomic mass is 32.2. The maximum absolute atomic E-state index is 13.7. The average Bonchev–Trinajstić information content (AvgIpc) is 3.41. The number of carbonyl (C=O) groups excluding carboxylic acids is 1. The van der Waals surface area contributed by atoms with E-state index in [-0.39, 0.29) is 28.9 Å². The van der Waals surface area contributed by atoms with E-state index >= 15 is 0 Å². The second-order valence-corrected chi connectivity index (χ2v) is 10.7. The number of nitrogens with one attached hydrogen (secondary N) is 2. The van der Waals surface area contributed by atoms with Crippen LogP contribution in [-0.4, -0.2) is 60.6 Å². The van der Waals surface area contributed by atoms with Gasteiger partial charge in [0, 0.05) is 55.9 Å². The molecule has 10 nitrogen and oxygen atoms in total. The van der Waals surface area contributed by atoms with Crippen LogP contribution in [0.4, 0.5) is 41.1 Å². The number of likely N-dealkylation sites (tertiary alicyclic amines) is 1. The molecule has 1 aliphatic rings. The number of aromatic nitrogens is 3. The van der Waals surface area contributed by atoms with Gasteiger partial charge < -0.3 is 15.5 Å². The van der Waals surface area contributed by atoms with Crippen LogP contribution in [0.25, 0.3) is 0 Å².